The first-order valence-corrected chi connectivity index (χ1v) is 5.95. The molecular weight excluding hydrogens is 268 g/mol. The number of hydrogen-bond acceptors (Lipinski definition) is 5. The number of nitro benzene ring substituents is 1. The van der Waals surface area contributed by atoms with E-state index in [4.69, 9.17) is 17.0 Å². The summed E-state index contributed by atoms with van der Waals surface area (Å²) in [5, 5.41) is 11.1. The molecule has 0 spiro atoms. The van der Waals surface area contributed by atoms with Crippen molar-refractivity contribution in [2.45, 2.75) is 6.42 Å². The van der Waals surface area contributed by atoms with Crippen LogP contribution in [0.2, 0.25) is 0 Å². The topological polar surface area (TPSA) is 72.7 Å². The molecule has 0 fully saturated rings. The van der Waals surface area contributed by atoms with Gasteiger partial charge in [0, 0.05) is 26.6 Å². The molecule has 0 aliphatic carbocycles. The fraction of sp³-hybridized carbons (Fsp3) is 0.333. The number of ether oxygens (including phenoxy) is 1. The molecular formula is C12H14N2O4S. The van der Waals surface area contributed by atoms with Crippen LogP contribution in [-0.4, -0.2) is 41.5 Å². The maximum absolute atomic E-state index is 11.9. The third kappa shape index (κ3) is 4.29. The lowest BCUT2D eigenvalue weighted by atomic mass is 10.1. The summed E-state index contributed by atoms with van der Waals surface area (Å²) in [4.78, 5) is 23.7. The van der Waals surface area contributed by atoms with E-state index in [0.717, 1.165) is 0 Å². The molecule has 0 aliphatic heterocycles. The van der Waals surface area contributed by atoms with Crippen molar-refractivity contribution in [3.63, 3.8) is 0 Å². The van der Waals surface area contributed by atoms with Crippen LogP contribution in [0.25, 0.3) is 0 Å². The molecule has 0 amide bonds. The van der Waals surface area contributed by atoms with Crippen LogP contribution in [0.1, 0.15) is 16.8 Å². The Morgan fingerprint density at radius 2 is 2.05 bits per heavy atom. The summed E-state index contributed by atoms with van der Waals surface area (Å²) < 4.78 is 5.16. The Morgan fingerprint density at radius 1 is 1.42 bits per heavy atom. The molecule has 0 bridgehead atoms. The second kappa shape index (κ2) is 6.79. The Balaban J connectivity index is 2.64. The van der Waals surface area contributed by atoms with Crippen LogP contribution in [0.5, 0.6) is 0 Å². The van der Waals surface area contributed by atoms with Crippen LogP contribution < -0.4 is 0 Å². The molecule has 1 aromatic rings. The third-order valence-corrected chi connectivity index (χ3v) is 2.80. The van der Waals surface area contributed by atoms with Crippen LogP contribution in [0.3, 0.4) is 0 Å². The number of rotatable bonds is 5. The summed E-state index contributed by atoms with van der Waals surface area (Å²) in [5.41, 5.74) is -0.102. The molecule has 1 rings (SSSR count). The molecule has 0 saturated carbocycles. The molecule has 0 atom stereocenters. The van der Waals surface area contributed by atoms with Gasteiger partial charge in [-0.3, -0.25) is 14.9 Å². The Labute approximate surface area is 116 Å². The molecule has 102 valence electrons. The smallest absolute Gasteiger partial charge is 0.280 e. The van der Waals surface area contributed by atoms with Crippen molar-refractivity contribution in [2.24, 2.45) is 0 Å². The highest BCUT2D eigenvalue weighted by Gasteiger charge is 2.18. The van der Waals surface area contributed by atoms with Crippen molar-refractivity contribution >= 4 is 28.9 Å². The van der Waals surface area contributed by atoms with Gasteiger partial charge in [-0.15, -0.1) is 0 Å². The van der Waals surface area contributed by atoms with E-state index in [1.165, 1.54) is 18.2 Å². The fourth-order valence-corrected chi connectivity index (χ4v) is 1.45. The molecule has 0 aliphatic rings. The highest BCUT2D eigenvalue weighted by Crippen LogP contribution is 2.19. The Hall–Kier alpha value is -2.02. The molecule has 19 heavy (non-hydrogen) atoms. The lowest BCUT2D eigenvalue weighted by Gasteiger charge is -2.13. The van der Waals surface area contributed by atoms with Gasteiger partial charge < -0.3 is 9.64 Å². The summed E-state index contributed by atoms with van der Waals surface area (Å²) in [5.74, 6) is -0.339. The molecule has 0 radical (unpaired) electrons. The number of nitro groups is 1. The van der Waals surface area contributed by atoms with Crippen molar-refractivity contribution in [1.82, 2.24) is 4.90 Å². The maximum atomic E-state index is 11.9. The van der Waals surface area contributed by atoms with Gasteiger partial charge in [0.1, 0.15) is 0 Å². The standard InChI is InChI=1S/C12H14N2O4S/c1-13(2)12(19)18-8-7-11(15)9-5-3-4-6-10(9)14(16)17/h3-6H,7-8H2,1-2H3. The average molecular weight is 282 g/mol. The highest BCUT2D eigenvalue weighted by atomic mass is 32.1. The largest absolute Gasteiger partial charge is 0.470 e. The Bertz CT molecular complexity index is 502. The van der Waals surface area contributed by atoms with Crippen LogP contribution >= 0.6 is 12.2 Å². The first-order chi connectivity index (χ1) is 8.93. The molecule has 1 aromatic carbocycles. The second-order valence-corrected chi connectivity index (χ2v) is 4.31. The number of benzene rings is 1. The molecule has 0 N–H and O–H groups in total. The second-order valence-electron chi connectivity index (χ2n) is 3.96. The molecule has 0 heterocycles. The fourth-order valence-electron chi connectivity index (χ4n) is 1.36. The van der Waals surface area contributed by atoms with Crippen molar-refractivity contribution in [3.05, 3.63) is 39.9 Å². The van der Waals surface area contributed by atoms with E-state index in [0.29, 0.717) is 0 Å². The molecule has 0 saturated heterocycles. The number of thiocarbonyl (C=S) groups is 1. The van der Waals surface area contributed by atoms with E-state index < -0.39 is 4.92 Å². The van der Waals surface area contributed by atoms with Gasteiger partial charge in [-0.25, -0.2) is 0 Å². The Kier molecular flexibility index (Phi) is 5.37. The van der Waals surface area contributed by atoms with E-state index in [2.05, 4.69) is 0 Å². The van der Waals surface area contributed by atoms with Gasteiger partial charge in [-0.05, 0) is 18.3 Å². The number of para-hydroxylation sites is 1. The first kappa shape index (κ1) is 15.0. The van der Waals surface area contributed by atoms with E-state index in [1.807, 2.05) is 0 Å². The van der Waals surface area contributed by atoms with Crippen LogP contribution in [0, 0.1) is 10.1 Å². The minimum atomic E-state index is -0.571. The zero-order chi connectivity index (χ0) is 14.4. The van der Waals surface area contributed by atoms with Crippen molar-refractivity contribution < 1.29 is 14.5 Å². The normalized spacial score (nSPS) is 9.79. The van der Waals surface area contributed by atoms with Gasteiger partial charge in [0.05, 0.1) is 17.1 Å². The van der Waals surface area contributed by atoms with Gasteiger partial charge in [-0.2, -0.15) is 0 Å². The Morgan fingerprint density at radius 3 is 2.63 bits per heavy atom. The van der Waals surface area contributed by atoms with Gasteiger partial charge in [0.2, 0.25) is 0 Å². The summed E-state index contributed by atoms with van der Waals surface area (Å²) in [7, 11) is 3.46. The maximum Gasteiger partial charge on any atom is 0.280 e. The summed E-state index contributed by atoms with van der Waals surface area (Å²) in [6, 6.07) is 5.85. The average Bonchev–Trinajstić information content (AvgIpc) is 2.38. The van der Waals surface area contributed by atoms with Crippen LogP contribution in [0.4, 0.5) is 5.69 Å². The zero-order valence-corrected chi connectivity index (χ0v) is 11.5. The quantitative estimate of drug-likeness (QED) is 0.356. The number of carbonyl (C=O) groups excluding carboxylic acids is 1. The number of carbonyl (C=O) groups is 1. The molecule has 0 unspecified atom stereocenters. The zero-order valence-electron chi connectivity index (χ0n) is 10.7. The van der Waals surface area contributed by atoms with Crippen LogP contribution in [0.15, 0.2) is 24.3 Å². The van der Waals surface area contributed by atoms with E-state index in [-0.39, 0.29) is 35.2 Å². The first-order valence-electron chi connectivity index (χ1n) is 5.54. The van der Waals surface area contributed by atoms with E-state index in [9.17, 15) is 14.9 Å². The predicted octanol–water partition coefficient (Wildman–Crippen LogP) is 2.03. The third-order valence-electron chi connectivity index (χ3n) is 2.32. The number of nitrogens with zero attached hydrogens (tertiary/aromatic N) is 2. The minimum absolute atomic E-state index is 0.0405. The molecule has 6 nitrogen and oxygen atoms in total. The van der Waals surface area contributed by atoms with Gasteiger partial charge >= 0.3 is 0 Å². The highest BCUT2D eigenvalue weighted by molar-refractivity contribution is 7.80. The lowest BCUT2D eigenvalue weighted by Crippen LogP contribution is -2.23. The van der Waals surface area contributed by atoms with Crippen molar-refractivity contribution in [3.8, 4) is 0 Å². The van der Waals surface area contributed by atoms with Crippen LogP contribution in [-0.2, 0) is 4.74 Å². The summed E-state index contributed by atoms with van der Waals surface area (Å²) >= 11 is 4.90. The minimum Gasteiger partial charge on any atom is -0.470 e. The van der Waals surface area contributed by atoms with E-state index in [1.54, 1.807) is 25.1 Å². The van der Waals surface area contributed by atoms with Gasteiger partial charge in [0.15, 0.2) is 5.78 Å². The molecule has 0 aromatic heterocycles. The van der Waals surface area contributed by atoms with Crippen molar-refractivity contribution in [2.75, 3.05) is 20.7 Å². The summed E-state index contributed by atoms with van der Waals surface area (Å²) in [6.07, 6.45) is 0.0405. The molecule has 7 heteroatoms. The number of ketones is 1. The van der Waals surface area contributed by atoms with Gasteiger partial charge in [-0.1, -0.05) is 12.1 Å². The predicted molar refractivity (Wildman–Crippen MR) is 74.3 cm³/mol. The monoisotopic (exact) mass is 282 g/mol. The number of hydrogen-bond donors (Lipinski definition) is 0. The SMILES string of the molecule is CN(C)C(=S)OCCC(=O)c1ccccc1[N+](=O)[O-]. The lowest BCUT2D eigenvalue weighted by molar-refractivity contribution is -0.385. The van der Waals surface area contributed by atoms with E-state index >= 15 is 0 Å². The van der Waals surface area contributed by atoms with Crippen molar-refractivity contribution in [1.29, 1.82) is 0 Å². The summed E-state index contributed by atoms with van der Waals surface area (Å²) in [6.45, 7) is 0.0991. The van der Waals surface area contributed by atoms with Gasteiger partial charge in [0.25, 0.3) is 10.9 Å². The number of Topliss-reactive ketones (excluding diaryl/α,β-unsaturated/α-hetero) is 1.